The lowest BCUT2D eigenvalue weighted by molar-refractivity contribution is -0.136. The summed E-state index contributed by atoms with van der Waals surface area (Å²) < 4.78 is 0. The summed E-state index contributed by atoms with van der Waals surface area (Å²) in [6, 6.07) is 18.5. The minimum absolute atomic E-state index is 0.0313. The summed E-state index contributed by atoms with van der Waals surface area (Å²) in [5.74, 6) is -0.855. The Balaban J connectivity index is 1.69. The second kappa shape index (κ2) is 7.27. The highest BCUT2D eigenvalue weighted by Gasteiger charge is 2.08. The maximum atomic E-state index is 10.7. The van der Waals surface area contributed by atoms with Gasteiger partial charge in [-0.2, -0.15) is 0 Å². The van der Waals surface area contributed by atoms with Crippen LogP contribution in [0.2, 0.25) is 0 Å². The van der Waals surface area contributed by atoms with E-state index in [1.54, 1.807) is 5.38 Å². The molecular weight excluding hydrogens is 320 g/mol. The van der Waals surface area contributed by atoms with Gasteiger partial charge in [-0.1, -0.05) is 42.5 Å². The molecule has 1 N–H and O–H groups in total. The third-order valence-electron chi connectivity index (χ3n) is 3.70. The summed E-state index contributed by atoms with van der Waals surface area (Å²) in [7, 11) is 2.07. The summed E-state index contributed by atoms with van der Waals surface area (Å²) in [4.78, 5) is 17.3. The van der Waals surface area contributed by atoms with Gasteiger partial charge in [0.1, 0.15) is 5.01 Å². The number of aromatic nitrogens is 1. The lowest BCUT2D eigenvalue weighted by Gasteiger charge is -2.19. The molecule has 0 aliphatic heterocycles. The zero-order valence-electron chi connectivity index (χ0n) is 13.3. The van der Waals surface area contributed by atoms with Gasteiger partial charge in [-0.25, -0.2) is 4.98 Å². The van der Waals surface area contributed by atoms with E-state index in [-0.39, 0.29) is 6.42 Å². The number of thiazole rings is 1. The van der Waals surface area contributed by atoms with Crippen molar-refractivity contribution in [3.8, 4) is 10.6 Å². The minimum atomic E-state index is -0.855. The fraction of sp³-hybridized carbons (Fsp3) is 0.158. The Labute approximate surface area is 145 Å². The molecule has 0 radical (unpaired) electrons. The number of carboxylic acid groups (broad SMARTS) is 1. The lowest BCUT2D eigenvalue weighted by Crippen LogP contribution is -2.15. The summed E-state index contributed by atoms with van der Waals surface area (Å²) in [6.45, 7) is 0.826. The molecule has 122 valence electrons. The molecule has 24 heavy (non-hydrogen) atoms. The van der Waals surface area contributed by atoms with Gasteiger partial charge in [0.15, 0.2) is 0 Å². The Morgan fingerprint density at radius 2 is 1.83 bits per heavy atom. The number of para-hydroxylation sites is 1. The molecule has 0 atom stereocenters. The quantitative estimate of drug-likeness (QED) is 0.736. The van der Waals surface area contributed by atoms with Crippen molar-refractivity contribution < 1.29 is 9.90 Å². The highest BCUT2D eigenvalue weighted by molar-refractivity contribution is 7.13. The molecule has 2 aromatic carbocycles. The number of hydrogen-bond donors (Lipinski definition) is 1. The maximum Gasteiger partial charge on any atom is 0.309 e. The first kappa shape index (κ1) is 16.2. The zero-order chi connectivity index (χ0) is 16.9. The van der Waals surface area contributed by atoms with Crippen LogP contribution in [0.15, 0.2) is 60.0 Å². The van der Waals surface area contributed by atoms with Gasteiger partial charge in [0.05, 0.1) is 12.1 Å². The monoisotopic (exact) mass is 338 g/mol. The first-order valence-electron chi connectivity index (χ1n) is 7.63. The summed E-state index contributed by atoms with van der Waals surface area (Å²) in [5, 5.41) is 11.5. The second-order valence-electron chi connectivity index (χ2n) is 5.60. The number of carbonyl (C=O) groups is 1. The Hall–Kier alpha value is -2.66. The molecular formula is C19H18N2O2S. The third kappa shape index (κ3) is 4.00. The van der Waals surface area contributed by atoms with Gasteiger partial charge in [-0.15, -0.1) is 11.3 Å². The SMILES string of the molecule is CN(Cc1ccc(-c2nc(CC(=O)O)cs2)cc1)c1ccccc1. The van der Waals surface area contributed by atoms with Crippen molar-refractivity contribution in [2.24, 2.45) is 0 Å². The van der Waals surface area contributed by atoms with Crippen LogP contribution in [0.3, 0.4) is 0 Å². The van der Waals surface area contributed by atoms with E-state index in [4.69, 9.17) is 5.11 Å². The highest BCUT2D eigenvalue weighted by Crippen LogP contribution is 2.25. The van der Waals surface area contributed by atoms with E-state index in [0.717, 1.165) is 17.1 Å². The van der Waals surface area contributed by atoms with E-state index in [2.05, 4.69) is 41.2 Å². The fourth-order valence-electron chi connectivity index (χ4n) is 2.48. The number of hydrogen-bond acceptors (Lipinski definition) is 4. The maximum absolute atomic E-state index is 10.7. The van der Waals surface area contributed by atoms with Gasteiger partial charge in [0.2, 0.25) is 0 Å². The lowest BCUT2D eigenvalue weighted by atomic mass is 10.1. The van der Waals surface area contributed by atoms with E-state index >= 15 is 0 Å². The molecule has 0 spiro atoms. The average Bonchev–Trinajstić information content (AvgIpc) is 3.04. The van der Waals surface area contributed by atoms with Crippen molar-refractivity contribution in [1.82, 2.24) is 4.98 Å². The highest BCUT2D eigenvalue weighted by atomic mass is 32.1. The van der Waals surface area contributed by atoms with Crippen LogP contribution in [0, 0.1) is 0 Å². The molecule has 1 aromatic heterocycles. The summed E-state index contributed by atoms with van der Waals surface area (Å²) in [6.07, 6.45) is -0.0313. The number of anilines is 1. The van der Waals surface area contributed by atoms with E-state index in [1.165, 1.54) is 22.6 Å². The van der Waals surface area contributed by atoms with Crippen molar-refractivity contribution in [1.29, 1.82) is 0 Å². The number of nitrogens with zero attached hydrogens (tertiary/aromatic N) is 2. The van der Waals surface area contributed by atoms with Gasteiger partial charge in [-0.3, -0.25) is 4.79 Å². The molecule has 0 amide bonds. The first-order valence-corrected chi connectivity index (χ1v) is 8.51. The Kier molecular flexibility index (Phi) is 4.91. The van der Waals surface area contributed by atoms with Crippen LogP contribution >= 0.6 is 11.3 Å². The predicted octanol–water partition coefficient (Wildman–Crippen LogP) is 4.07. The molecule has 1 heterocycles. The van der Waals surface area contributed by atoms with Crippen molar-refractivity contribution in [2.45, 2.75) is 13.0 Å². The topological polar surface area (TPSA) is 53.4 Å². The van der Waals surface area contributed by atoms with Crippen molar-refractivity contribution in [3.05, 3.63) is 71.2 Å². The largest absolute Gasteiger partial charge is 0.481 e. The molecule has 0 fully saturated rings. The van der Waals surface area contributed by atoms with Crippen LogP contribution in [-0.4, -0.2) is 23.1 Å². The fourth-order valence-corrected chi connectivity index (χ4v) is 3.30. The van der Waals surface area contributed by atoms with E-state index in [1.807, 2.05) is 30.3 Å². The summed E-state index contributed by atoms with van der Waals surface area (Å²) >= 11 is 1.48. The van der Waals surface area contributed by atoms with E-state index in [9.17, 15) is 4.79 Å². The van der Waals surface area contributed by atoms with Crippen molar-refractivity contribution in [2.75, 3.05) is 11.9 Å². The molecule has 3 aromatic rings. The smallest absolute Gasteiger partial charge is 0.309 e. The van der Waals surface area contributed by atoms with Crippen LogP contribution < -0.4 is 4.90 Å². The molecule has 0 saturated carbocycles. The molecule has 5 heteroatoms. The van der Waals surface area contributed by atoms with Crippen LogP contribution in [0.1, 0.15) is 11.3 Å². The van der Waals surface area contributed by atoms with Crippen LogP contribution in [0.5, 0.6) is 0 Å². The minimum Gasteiger partial charge on any atom is -0.481 e. The zero-order valence-corrected chi connectivity index (χ0v) is 14.2. The van der Waals surface area contributed by atoms with Gasteiger partial charge in [0, 0.05) is 30.2 Å². The number of aliphatic carboxylic acids is 1. The molecule has 0 aliphatic rings. The van der Waals surface area contributed by atoms with E-state index in [0.29, 0.717) is 5.69 Å². The van der Waals surface area contributed by atoms with Gasteiger partial charge < -0.3 is 10.0 Å². The summed E-state index contributed by atoms with van der Waals surface area (Å²) in [5.41, 5.74) is 4.02. The van der Waals surface area contributed by atoms with Crippen LogP contribution in [-0.2, 0) is 17.8 Å². The molecule has 4 nitrogen and oxygen atoms in total. The van der Waals surface area contributed by atoms with E-state index < -0.39 is 5.97 Å². The molecule has 3 rings (SSSR count). The molecule has 0 bridgehead atoms. The standard InChI is InChI=1S/C19H18N2O2S/c1-21(17-5-3-2-4-6-17)12-14-7-9-15(10-8-14)19-20-16(13-24-19)11-18(22)23/h2-10,13H,11-12H2,1H3,(H,22,23). The molecule has 0 aliphatic carbocycles. The van der Waals surface area contributed by atoms with Gasteiger partial charge in [-0.05, 0) is 17.7 Å². The van der Waals surface area contributed by atoms with Crippen molar-refractivity contribution in [3.63, 3.8) is 0 Å². The Morgan fingerprint density at radius 3 is 2.50 bits per heavy atom. The number of carboxylic acids is 1. The third-order valence-corrected chi connectivity index (χ3v) is 4.64. The Morgan fingerprint density at radius 1 is 1.12 bits per heavy atom. The Bertz CT molecular complexity index is 813. The molecule has 0 unspecified atom stereocenters. The first-order chi connectivity index (χ1) is 11.6. The average molecular weight is 338 g/mol. The van der Waals surface area contributed by atoms with Crippen LogP contribution in [0.4, 0.5) is 5.69 Å². The van der Waals surface area contributed by atoms with Gasteiger partial charge in [0.25, 0.3) is 0 Å². The normalized spacial score (nSPS) is 10.5. The predicted molar refractivity (Wildman–Crippen MR) is 97.4 cm³/mol. The van der Waals surface area contributed by atoms with Crippen molar-refractivity contribution >= 4 is 23.0 Å². The second-order valence-corrected chi connectivity index (χ2v) is 6.46. The number of benzene rings is 2. The van der Waals surface area contributed by atoms with Crippen LogP contribution in [0.25, 0.3) is 10.6 Å². The number of rotatable bonds is 6. The van der Waals surface area contributed by atoms with Gasteiger partial charge >= 0.3 is 5.97 Å². The molecule has 0 saturated heterocycles.